The summed E-state index contributed by atoms with van der Waals surface area (Å²) < 4.78 is 0. The summed E-state index contributed by atoms with van der Waals surface area (Å²) in [7, 11) is 0. The highest BCUT2D eigenvalue weighted by Crippen LogP contribution is 2.26. The quantitative estimate of drug-likeness (QED) is 0.551. The molecule has 1 N–H and O–H groups in total. The zero-order valence-corrected chi connectivity index (χ0v) is 11.0. The molecule has 0 bridgehead atoms. The third kappa shape index (κ3) is 4.58. The molecular formula is C15H27N. The Hall–Kier alpha value is -0.480. The molecule has 1 aliphatic carbocycles. The van der Waals surface area contributed by atoms with Crippen molar-refractivity contribution in [3.63, 3.8) is 0 Å². The van der Waals surface area contributed by atoms with Crippen LogP contribution in [0.4, 0.5) is 0 Å². The molecule has 0 aliphatic heterocycles. The van der Waals surface area contributed by atoms with Crippen molar-refractivity contribution in [2.75, 3.05) is 0 Å². The van der Waals surface area contributed by atoms with Gasteiger partial charge in [0.2, 0.25) is 0 Å². The lowest BCUT2D eigenvalue weighted by molar-refractivity contribution is 0.399. The summed E-state index contributed by atoms with van der Waals surface area (Å²) >= 11 is 0. The van der Waals surface area contributed by atoms with Gasteiger partial charge in [0.1, 0.15) is 0 Å². The van der Waals surface area contributed by atoms with Gasteiger partial charge in [0, 0.05) is 6.04 Å². The van der Waals surface area contributed by atoms with Crippen LogP contribution in [0.3, 0.4) is 0 Å². The van der Waals surface area contributed by atoms with Crippen molar-refractivity contribution in [3.8, 4) is 12.3 Å². The minimum atomic E-state index is 0.285. The van der Waals surface area contributed by atoms with Crippen LogP contribution in [0.25, 0.3) is 0 Å². The predicted octanol–water partition coefficient (Wildman–Crippen LogP) is 3.74. The van der Waals surface area contributed by atoms with Crippen LogP contribution < -0.4 is 5.32 Å². The van der Waals surface area contributed by atoms with Crippen molar-refractivity contribution in [1.29, 1.82) is 0 Å². The number of terminal acetylenes is 1. The van der Waals surface area contributed by atoms with Gasteiger partial charge in [0.25, 0.3) is 0 Å². The van der Waals surface area contributed by atoms with Gasteiger partial charge < -0.3 is 5.32 Å². The van der Waals surface area contributed by atoms with Gasteiger partial charge in [-0.3, -0.25) is 0 Å². The minimum Gasteiger partial charge on any atom is -0.301 e. The van der Waals surface area contributed by atoms with Crippen molar-refractivity contribution in [2.45, 2.75) is 77.3 Å². The molecule has 0 spiro atoms. The lowest BCUT2D eigenvalue weighted by Gasteiger charge is -2.20. The number of hydrogen-bond donors (Lipinski definition) is 1. The SMILES string of the molecule is C#CC(CC)NC1CCCC(CCC)CC1. The molecule has 1 heteroatoms. The highest BCUT2D eigenvalue weighted by atomic mass is 14.9. The third-order valence-corrected chi connectivity index (χ3v) is 3.83. The molecule has 0 heterocycles. The van der Waals surface area contributed by atoms with Crippen LogP contribution >= 0.6 is 0 Å². The van der Waals surface area contributed by atoms with E-state index in [1.807, 2.05) is 0 Å². The van der Waals surface area contributed by atoms with Gasteiger partial charge in [-0.2, -0.15) is 0 Å². The zero-order valence-electron chi connectivity index (χ0n) is 11.0. The fourth-order valence-electron chi connectivity index (χ4n) is 2.81. The molecule has 92 valence electrons. The average Bonchev–Trinajstić information content (AvgIpc) is 2.52. The first-order valence-corrected chi connectivity index (χ1v) is 7.02. The molecule has 0 aromatic heterocycles. The first-order chi connectivity index (χ1) is 7.80. The lowest BCUT2D eigenvalue weighted by Crippen LogP contribution is -2.36. The van der Waals surface area contributed by atoms with E-state index in [-0.39, 0.29) is 6.04 Å². The van der Waals surface area contributed by atoms with Crippen molar-refractivity contribution in [2.24, 2.45) is 5.92 Å². The normalized spacial score (nSPS) is 28.1. The van der Waals surface area contributed by atoms with Crippen LogP contribution in [0.5, 0.6) is 0 Å². The van der Waals surface area contributed by atoms with Gasteiger partial charge in [-0.15, -0.1) is 6.42 Å². The van der Waals surface area contributed by atoms with Gasteiger partial charge in [-0.25, -0.2) is 0 Å². The minimum absolute atomic E-state index is 0.285. The zero-order chi connectivity index (χ0) is 11.8. The molecule has 0 amide bonds. The van der Waals surface area contributed by atoms with Crippen LogP contribution in [-0.4, -0.2) is 12.1 Å². The highest BCUT2D eigenvalue weighted by molar-refractivity contribution is 4.99. The van der Waals surface area contributed by atoms with E-state index in [4.69, 9.17) is 6.42 Å². The molecule has 1 fully saturated rings. The first-order valence-electron chi connectivity index (χ1n) is 7.02. The fourth-order valence-corrected chi connectivity index (χ4v) is 2.81. The summed E-state index contributed by atoms with van der Waals surface area (Å²) in [6.45, 7) is 4.46. The maximum Gasteiger partial charge on any atom is 0.0686 e. The van der Waals surface area contributed by atoms with Crippen LogP contribution in [0.2, 0.25) is 0 Å². The second-order valence-electron chi connectivity index (χ2n) is 5.15. The largest absolute Gasteiger partial charge is 0.301 e. The Morgan fingerprint density at radius 1 is 1.25 bits per heavy atom. The van der Waals surface area contributed by atoms with Crippen LogP contribution in [0.15, 0.2) is 0 Å². The van der Waals surface area contributed by atoms with Crippen molar-refractivity contribution in [3.05, 3.63) is 0 Å². The average molecular weight is 221 g/mol. The lowest BCUT2D eigenvalue weighted by atomic mass is 9.95. The Morgan fingerprint density at radius 2 is 2.06 bits per heavy atom. The molecule has 1 saturated carbocycles. The van der Waals surface area contributed by atoms with E-state index < -0.39 is 0 Å². The van der Waals surface area contributed by atoms with E-state index in [1.54, 1.807) is 0 Å². The predicted molar refractivity (Wildman–Crippen MR) is 71.3 cm³/mol. The molecule has 0 radical (unpaired) electrons. The monoisotopic (exact) mass is 221 g/mol. The van der Waals surface area contributed by atoms with E-state index in [9.17, 15) is 0 Å². The van der Waals surface area contributed by atoms with Gasteiger partial charge in [0.15, 0.2) is 0 Å². The molecule has 3 atom stereocenters. The second kappa shape index (κ2) is 7.74. The van der Waals surface area contributed by atoms with Gasteiger partial charge in [-0.1, -0.05) is 45.5 Å². The van der Waals surface area contributed by atoms with Gasteiger partial charge >= 0.3 is 0 Å². The fraction of sp³-hybridized carbons (Fsp3) is 0.867. The third-order valence-electron chi connectivity index (χ3n) is 3.83. The van der Waals surface area contributed by atoms with Crippen molar-refractivity contribution >= 4 is 0 Å². The molecule has 0 saturated heterocycles. The topological polar surface area (TPSA) is 12.0 Å². The van der Waals surface area contributed by atoms with Crippen LogP contribution in [0, 0.1) is 18.3 Å². The Balaban J connectivity index is 2.32. The van der Waals surface area contributed by atoms with Crippen LogP contribution in [-0.2, 0) is 0 Å². The van der Waals surface area contributed by atoms with E-state index in [1.165, 1.54) is 44.9 Å². The number of rotatable bonds is 5. The number of hydrogen-bond acceptors (Lipinski definition) is 1. The van der Waals surface area contributed by atoms with Gasteiger partial charge in [0.05, 0.1) is 6.04 Å². The Morgan fingerprint density at radius 3 is 2.69 bits per heavy atom. The Bertz CT molecular complexity index is 216. The Labute approximate surface area is 101 Å². The van der Waals surface area contributed by atoms with Gasteiger partial charge in [-0.05, 0) is 31.6 Å². The van der Waals surface area contributed by atoms with Crippen molar-refractivity contribution in [1.82, 2.24) is 5.32 Å². The maximum absolute atomic E-state index is 5.50. The number of nitrogens with one attached hydrogen (secondary N) is 1. The Kier molecular flexibility index (Phi) is 6.57. The summed E-state index contributed by atoms with van der Waals surface area (Å²) in [6.07, 6.45) is 16.1. The smallest absolute Gasteiger partial charge is 0.0686 e. The summed E-state index contributed by atoms with van der Waals surface area (Å²) in [5.74, 6) is 3.82. The molecule has 0 aromatic rings. The summed E-state index contributed by atoms with van der Waals surface area (Å²) in [5.41, 5.74) is 0. The first kappa shape index (κ1) is 13.6. The summed E-state index contributed by atoms with van der Waals surface area (Å²) in [6, 6.07) is 0.954. The van der Waals surface area contributed by atoms with E-state index >= 15 is 0 Å². The molecule has 1 rings (SSSR count). The van der Waals surface area contributed by atoms with E-state index in [2.05, 4.69) is 25.1 Å². The second-order valence-corrected chi connectivity index (χ2v) is 5.15. The molecule has 3 unspecified atom stereocenters. The van der Waals surface area contributed by atoms with E-state index in [0.717, 1.165) is 12.3 Å². The molecule has 1 aliphatic rings. The molecule has 0 aromatic carbocycles. The summed E-state index contributed by atoms with van der Waals surface area (Å²) in [4.78, 5) is 0. The molecule has 1 nitrogen and oxygen atoms in total. The standard InChI is InChI=1S/C15H27N/c1-4-8-13-9-7-10-15(12-11-13)16-14(5-2)6-3/h2,13-16H,4,6-12H2,1,3H3. The summed E-state index contributed by atoms with van der Waals surface area (Å²) in [5, 5.41) is 3.62. The highest BCUT2D eigenvalue weighted by Gasteiger charge is 2.19. The molecular weight excluding hydrogens is 194 g/mol. The van der Waals surface area contributed by atoms with E-state index in [0.29, 0.717) is 6.04 Å². The van der Waals surface area contributed by atoms with Crippen LogP contribution in [0.1, 0.15) is 65.2 Å². The maximum atomic E-state index is 5.50. The molecule has 16 heavy (non-hydrogen) atoms. The van der Waals surface area contributed by atoms with Crippen molar-refractivity contribution < 1.29 is 0 Å².